The summed E-state index contributed by atoms with van der Waals surface area (Å²) in [5, 5.41) is 96.1. The molecule has 26 nitrogen and oxygen atoms in total. The van der Waals surface area contributed by atoms with Gasteiger partial charge >= 0.3 is 0 Å². The highest BCUT2D eigenvalue weighted by atomic mass is 16.8. The molecule has 25 atom stereocenters. The molecule has 9 N–H and O–H groups in total. The molecule has 79 heavy (non-hydrogen) atoms. The number of benzene rings is 1. The van der Waals surface area contributed by atoms with Crippen molar-refractivity contribution in [2.75, 3.05) is 129 Å². The summed E-state index contributed by atoms with van der Waals surface area (Å²) in [6, 6.07) is 9.32. The molecule has 0 aromatic heterocycles. The van der Waals surface area contributed by atoms with E-state index in [1.807, 2.05) is 30.3 Å². The molecule has 0 aliphatic carbocycles. The number of aliphatic hydroxyl groups is 9. The molecule has 6 rings (SSSR count). The first kappa shape index (κ1) is 66.3. The van der Waals surface area contributed by atoms with Gasteiger partial charge in [0.2, 0.25) is 0 Å². The molecule has 0 amide bonds. The third kappa shape index (κ3) is 15.6. The Hall–Kier alpha value is -1.82. The molecule has 5 aliphatic heterocycles. The van der Waals surface area contributed by atoms with E-state index in [0.29, 0.717) is 0 Å². The van der Waals surface area contributed by atoms with Crippen LogP contribution in [0.3, 0.4) is 0 Å². The van der Waals surface area contributed by atoms with Gasteiger partial charge < -0.3 is 126 Å². The van der Waals surface area contributed by atoms with Crippen LogP contribution in [0.4, 0.5) is 0 Å². The highest BCUT2D eigenvalue weighted by Gasteiger charge is 2.58. The Balaban J connectivity index is 1.35. The minimum Gasteiger partial charge on any atom is -0.396 e. The zero-order valence-electron chi connectivity index (χ0n) is 46.4. The van der Waals surface area contributed by atoms with Crippen molar-refractivity contribution in [3.63, 3.8) is 0 Å². The SMILES string of the molecule is COCC1O[C@H](O[C@@H]2C(OC)[C@@H](O[C@@H]3C(OC)[C@@H](OC4[C@@H](OCc5ccccc5)OC(CCO)[C@@H](CO)[C@@H]4CO)OC(COC)[C@H]3CO)OC(COC)[C@H]2CO)C(OC)[C@@H](O[C@H]2OC(CCO)[C@@H](CO)[C@H](CO)C2OC)[C@@H]1CO. The third-order valence-electron chi connectivity index (χ3n) is 16.3. The van der Waals surface area contributed by atoms with Crippen LogP contribution < -0.4 is 0 Å². The second-order valence-corrected chi connectivity index (χ2v) is 20.5. The van der Waals surface area contributed by atoms with Crippen molar-refractivity contribution in [2.24, 2.45) is 41.4 Å². The minimum absolute atomic E-state index is 0.0606. The maximum absolute atomic E-state index is 11.2. The monoisotopic (exact) mass is 1140 g/mol. The average molecular weight is 1140 g/mol. The Kier molecular flexibility index (Phi) is 28.2. The lowest BCUT2D eigenvalue weighted by Gasteiger charge is -2.53. The van der Waals surface area contributed by atoms with Crippen molar-refractivity contribution in [3.05, 3.63) is 35.9 Å². The molecule has 0 saturated carbocycles. The van der Waals surface area contributed by atoms with Gasteiger partial charge in [0.25, 0.3) is 0 Å². The van der Waals surface area contributed by atoms with Gasteiger partial charge in [-0.3, -0.25) is 0 Å². The number of ether oxygens (including phenoxy) is 17. The molecule has 0 radical (unpaired) electrons. The second-order valence-electron chi connectivity index (χ2n) is 20.5. The van der Waals surface area contributed by atoms with Crippen molar-refractivity contribution in [3.8, 4) is 0 Å². The molecule has 1 aromatic rings. The highest BCUT2D eigenvalue weighted by molar-refractivity contribution is 5.13. The van der Waals surface area contributed by atoms with Crippen LogP contribution in [0.15, 0.2) is 30.3 Å². The smallest absolute Gasteiger partial charge is 0.187 e. The normalized spacial score (nSPS) is 41.1. The standard InChI is InChI=1S/C53H90O26/c1-63-25-38-33(21-60)41(76-50-44(66-4)31(19-58)29(17-56)37(72-50)14-16-55)46(67-5)51(73-38)77-42-34(22-61)39(26-64-2)74-52(47(42)68-6)78-43-35(23-62)40(27-65-3)75-53(48(43)69-7)79-45-32(20-59)30(18-57)36(13-15-54)71-49(45)70-24-28-11-9-8-10-12-28/h8-12,29-62H,13-27H2,1-7H3/t29-,30-,31-,32-,33+,34+,35+,36?,37?,38?,39?,40?,41-,42-,43-,44?,45?,46?,47?,48?,49-,50+,51+,52+,53+/m0/s1. The first-order valence-corrected chi connectivity index (χ1v) is 27.1. The fraction of sp³-hybridized carbons (Fsp3) is 0.887. The van der Waals surface area contributed by atoms with E-state index in [-0.39, 0.29) is 59.1 Å². The summed E-state index contributed by atoms with van der Waals surface area (Å²) in [4.78, 5) is 0. The minimum atomic E-state index is -1.40. The van der Waals surface area contributed by atoms with Crippen LogP contribution in [0.5, 0.6) is 0 Å². The van der Waals surface area contributed by atoms with E-state index in [1.165, 1.54) is 49.8 Å². The fourth-order valence-electron chi connectivity index (χ4n) is 12.1. The maximum Gasteiger partial charge on any atom is 0.187 e. The summed E-state index contributed by atoms with van der Waals surface area (Å²) < 4.78 is 108. The van der Waals surface area contributed by atoms with Crippen LogP contribution in [0.25, 0.3) is 0 Å². The third-order valence-corrected chi connectivity index (χ3v) is 16.3. The van der Waals surface area contributed by atoms with Crippen molar-refractivity contribution >= 4 is 0 Å². The van der Waals surface area contributed by atoms with Gasteiger partial charge in [0.1, 0.15) is 30.5 Å². The predicted octanol–water partition coefficient (Wildman–Crippen LogP) is -2.61. The van der Waals surface area contributed by atoms with Crippen molar-refractivity contribution in [1.82, 2.24) is 0 Å². The van der Waals surface area contributed by atoms with Gasteiger partial charge in [0.05, 0.1) is 95.1 Å². The van der Waals surface area contributed by atoms with Crippen molar-refractivity contribution in [2.45, 2.75) is 130 Å². The largest absolute Gasteiger partial charge is 0.396 e. The molecule has 1 aromatic carbocycles. The van der Waals surface area contributed by atoms with Crippen LogP contribution in [0.2, 0.25) is 0 Å². The van der Waals surface area contributed by atoms with Gasteiger partial charge in [-0.1, -0.05) is 30.3 Å². The second kappa shape index (κ2) is 33.6. The van der Waals surface area contributed by atoms with Gasteiger partial charge in [-0.05, 0) is 18.4 Å². The molecule has 5 aliphatic rings. The Morgan fingerprint density at radius 2 is 0.658 bits per heavy atom. The van der Waals surface area contributed by atoms with Gasteiger partial charge in [-0.15, -0.1) is 0 Å². The quantitative estimate of drug-likeness (QED) is 0.0357. The Labute approximate surface area is 462 Å². The maximum atomic E-state index is 11.2. The van der Waals surface area contributed by atoms with Crippen molar-refractivity contribution < 1.29 is 126 Å². The van der Waals surface area contributed by atoms with Crippen LogP contribution in [0, 0.1) is 41.4 Å². The molecular formula is C53H90O26. The molecule has 10 unspecified atom stereocenters. The lowest BCUT2D eigenvalue weighted by Crippen LogP contribution is -2.67. The van der Waals surface area contributed by atoms with Gasteiger partial charge in [0, 0.05) is 131 Å². The molecular weight excluding hydrogens is 1050 g/mol. The fourth-order valence-corrected chi connectivity index (χ4v) is 12.1. The van der Waals surface area contributed by atoms with E-state index >= 15 is 0 Å². The zero-order valence-corrected chi connectivity index (χ0v) is 46.4. The Morgan fingerprint density at radius 3 is 0.987 bits per heavy atom. The molecule has 26 heteroatoms. The summed E-state index contributed by atoms with van der Waals surface area (Å²) >= 11 is 0. The van der Waals surface area contributed by atoms with Crippen LogP contribution in [-0.2, 0) is 87.1 Å². The molecule has 5 saturated heterocycles. The highest BCUT2D eigenvalue weighted by Crippen LogP contribution is 2.43. The number of methoxy groups -OCH3 is 7. The van der Waals surface area contributed by atoms with Crippen molar-refractivity contribution in [1.29, 1.82) is 0 Å². The van der Waals surface area contributed by atoms with E-state index in [1.54, 1.807) is 0 Å². The summed E-state index contributed by atoms with van der Waals surface area (Å²) in [7, 11) is 9.97. The number of aliphatic hydroxyl groups excluding tert-OH is 9. The average Bonchev–Trinajstić information content (AvgIpc) is 3.54. The van der Waals surface area contributed by atoms with Crippen LogP contribution in [-0.4, -0.2) is 286 Å². The van der Waals surface area contributed by atoms with E-state index in [4.69, 9.17) is 80.5 Å². The molecule has 5 heterocycles. The first-order chi connectivity index (χ1) is 38.5. The van der Waals surface area contributed by atoms with Gasteiger partial charge in [-0.25, -0.2) is 0 Å². The first-order valence-electron chi connectivity index (χ1n) is 27.1. The molecule has 458 valence electrons. The number of hydrogen-bond acceptors (Lipinski definition) is 26. The zero-order chi connectivity index (χ0) is 57.2. The van der Waals surface area contributed by atoms with E-state index in [2.05, 4.69) is 0 Å². The molecule has 0 bridgehead atoms. The summed E-state index contributed by atoms with van der Waals surface area (Å²) in [5.74, 6) is -5.46. The lowest BCUT2D eigenvalue weighted by molar-refractivity contribution is -0.394. The topological polar surface area (TPSA) is 339 Å². The predicted molar refractivity (Wildman–Crippen MR) is 270 cm³/mol. The summed E-state index contributed by atoms with van der Waals surface area (Å²) in [6.07, 6.45) is -19.6. The van der Waals surface area contributed by atoms with Gasteiger partial charge in [-0.2, -0.15) is 0 Å². The number of rotatable bonds is 32. The summed E-state index contributed by atoms with van der Waals surface area (Å²) in [5.41, 5.74) is 0.816. The summed E-state index contributed by atoms with van der Waals surface area (Å²) in [6.45, 7) is -3.89. The molecule has 5 fully saturated rings. The van der Waals surface area contributed by atoms with Crippen LogP contribution in [0.1, 0.15) is 18.4 Å². The number of hydrogen-bond donors (Lipinski definition) is 9. The van der Waals surface area contributed by atoms with E-state index < -0.39 is 192 Å². The Bertz CT molecular complexity index is 1800. The van der Waals surface area contributed by atoms with E-state index in [0.717, 1.165) is 5.56 Å². The molecule has 0 spiro atoms. The van der Waals surface area contributed by atoms with Crippen LogP contribution >= 0.6 is 0 Å². The Morgan fingerprint density at radius 1 is 0.342 bits per heavy atom. The van der Waals surface area contributed by atoms with E-state index in [9.17, 15) is 46.0 Å². The van der Waals surface area contributed by atoms with Gasteiger partial charge in [0.15, 0.2) is 31.5 Å². The lowest BCUT2D eigenvalue weighted by atomic mass is 9.80.